The predicted octanol–water partition coefficient (Wildman–Crippen LogP) is 4.30. The summed E-state index contributed by atoms with van der Waals surface area (Å²) < 4.78 is 79.4. The Morgan fingerprint density at radius 3 is 2.07 bits per heavy atom. The molecule has 0 spiro atoms. The van der Waals surface area contributed by atoms with E-state index in [1.807, 2.05) is 0 Å². The summed E-state index contributed by atoms with van der Waals surface area (Å²) in [4.78, 5) is 11.7. The number of anilines is 2. The van der Waals surface area contributed by atoms with Crippen LogP contribution in [0.3, 0.4) is 0 Å². The monoisotopic (exact) mass is 424 g/mol. The molecule has 3 aromatic carbocycles. The SMILES string of the molecule is O=C(Nc1ccc(F)cc1F)c1ccc(NS(=O)(=O)c2ccc(F)c(F)c2)cc1. The normalized spacial score (nSPS) is 11.2. The highest BCUT2D eigenvalue weighted by Gasteiger charge is 2.17. The van der Waals surface area contributed by atoms with E-state index in [9.17, 15) is 30.8 Å². The van der Waals surface area contributed by atoms with E-state index in [4.69, 9.17) is 0 Å². The van der Waals surface area contributed by atoms with E-state index >= 15 is 0 Å². The number of hydrogen-bond acceptors (Lipinski definition) is 3. The van der Waals surface area contributed by atoms with Crippen molar-refractivity contribution in [2.75, 3.05) is 10.0 Å². The topological polar surface area (TPSA) is 75.3 Å². The van der Waals surface area contributed by atoms with Gasteiger partial charge in [0.1, 0.15) is 11.6 Å². The van der Waals surface area contributed by atoms with Crippen LogP contribution in [0, 0.1) is 23.3 Å². The molecule has 0 fully saturated rings. The van der Waals surface area contributed by atoms with Crippen molar-refractivity contribution in [3.63, 3.8) is 0 Å². The molecule has 29 heavy (non-hydrogen) atoms. The number of carbonyl (C=O) groups is 1. The summed E-state index contributed by atoms with van der Waals surface area (Å²) in [6, 6.07) is 9.83. The van der Waals surface area contributed by atoms with Crippen LogP contribution in [0.15, 0.2) is 65.6 Å². The van der Waals surface area contributed by atoms with Gasteiger partial charge in [0.25, 0.3) is 15.9 Å². The van der Waals surface area contributed by atoms with Crippen molar-refractivity contribution in [2.24, 2.45) is 0 Å². The van der Waals surface area contributed by atoms with Crippen molar-refractivity contribution in [1.82, 2.24) is 0 Å². The van der Waals surface area contributed by atoms with Crippen molar-refractivity contribution in [1.29, 1.82) is 0 Å². The number of sulfonamides is 1. The second kappa shape index (κ2) is 7.92. The third-order valence-electron chi connectivity index (χ3n) is 3.78. The minimum Gasteiger partial charge on any atom is -0.319 e. The van der Waals surface area contributed by atoms with Crippen molar-refractivity contribution in [2.45, 2.75) is 4.90 Å². The molecular formula is C19H12F4N2O3S. The molecule has 0 bridgehead atoms. The maximum absolute atomic E-state index is 13.6. The quantitative estimate of drug-likeness (QED) is 0.600. The lowest BCUT2D eigenvalue weighted by Gasteiger charge is -2.10. The maximum Gasteiger partial charge on any atom is 0.261 e. The first-order valence-corrected chi connectivity index (χ1v) is 9.48. The van der Waals surface area contributed by atoms with Crippen molar-refractivity contribution in [3.05, 3.63) is 89.5 Å². The molecule has 0 radical (unpaired) electrons. The lowest BCUT2D eigenvalue weighted by molar-refractivity contribution is 0.102. The first kappa shape index (κ1) is 20.3. The second-order valence-electron chi connectivity index (χ2n) is 5.84. The third kappa shape index (κ3) is 4.72. The highest BCUT2D eigenvalue weighted by Crippen LogP contribution is 2.20. The summed E-state index contributed by atoms with van der Waals surface area (Å²) in [6.07, 6.45) is 0. The van der Waals surface area contributed by atoms with Gasteiger partial charge >= 0.3 is 0 Å². The minimum atomic E-state index is -4.19. The highest BCUT2D eigenvalue weighted by molar-refractivity contribution is 7.92. The minimum absolute atomic E-state index is 0.0549. The Kier molecular flexibility index (Phi) is 5.55. The average Bonchev–Trinajstić information content (AvgIpc) is 2.66. The summed E-state index contributed by atoms with van der Waals surface area (Å²) in [5, 5.41) is 2.26. The fraction of sp³-hybridized carbons (Fsp3) is 0. The van der Waals surface area contributed by atoms with Gasteiger partial charge in [0.2, 0.25) is 0 Å². The van der Waals surface area contributed by atoms with Gasteiger partial charge in [0, 0.05) is 17.3 Å². The number of carbonyl (C=O) groups excluding carboxylic acids is 1. The summed E-state index contributed by atoms with van der Waals surface area (Å²) in [7, 11) is -4.19. The van der Waals surface area contributed by atoms with Crippen LogP contribution in [0.4, 0.5) is 28.9 Å². The molecule has 3 rings (SSSR count). The lowest BCUT2D eigenvalue weighted by atomic mass is 10.2. The number of amides is 1. The molecule has 10 heteroatoms. The van der Waals surface area contributed by atoms with E-state index in [1.165, 1.54) is 24.3 Å². The van der Waals surface area contributed by atoms with Crippen LogP contribution in [0.1, 0.15) is 10.4 Å². The van der Waals surface area contributed by atoms with Gasteiger partial charge in [-0.1, -0.05) is 0 Å². The van der Waals surface area contributed by atoms with Crippen LogP contribution in [0.2, 0.25) is 0 Å². The summed E-state index contributed by atoms with van der Waals surface area (Å²) >= 11 is 0. The zero-order valence-electron chi connectivity index (χ0n) is 14.4. The molecule has 0 aliphatic heterocycles. The third-order valence-corrected chi connectivity index (χ3v) is 5.16. The van der Waals surface area contributed by atoms with Crippen LogP contribution >= 0.6 is 0 Å². The van der Waals surface area contributed by atoms with Gasteiger partial charge in [-0.2, -0.15) is 0 Å². The lowest BCUT2D eigenvalue weighted by Crippen LogP contribution is -2.15. The van der Waals surface area contributed by atoms with Gasteiger partial charge in [0.05, 0.1) is 10.6 Å². The first-order chi connectivity index (χ1) is 13.7. The number of nitrogens with one attached hydrogen (secondary N) is 2. The van der Waals surface area contributed by atoms with Crippen LogP contribution in [0.25, 0.3) is 0 Å². The van der Waals surface area contributed by atoms with Crippen LogP contribution in [-0.2, 0) is 10.0 Å². The molecule has 0 atom stereocenters. The Bertz CT molecular complexity index is 1180. The zero-order valence-corrected chi connectivity index (χ0v) is 15.2. The molecule has 0 unspecified atom stereocenters. The standard InChI is InChI=1S/C19H12F4N2O3S/c20-12-3-8-18(17(23)9-12)24-19(26)11-1-4-13(5-2-11)25-29(27,28)14-6-7-15(21)16(22)10-14/h1-10,25H,(H,24,26). The Morgan fingerprint density at radius 1 is 0.759 bits per heavy atom. The Labute approximate surface area is 163 Å². The first-order valence-electron chi connectivity index (χ1n) is 8.00. The van der Waals surface area contributed by atoms with E-state index in [1.54, 1.807) is 0 Å². The van der Waals surface area contributed by atoms with Gasteiger partial charge in [0.15, 0.2) is 11.6 Å². The zero-order chi connectivity index (χ0) is 21.2. The van der Waals surface area contributed by atoms with Crippen molar-refractivity contribution < 1.29 is 30.8 Å². The van der Waals surface area contributed by atoms with E-state index in [2.05, 4.69) is 10.0 Å². The Hall–Kier alpha value is -3.40. The van der Waals surface area contributed by atoms with Gasteiger partial charge in [-0.15, -0.1) is 0 Å². The van der Waals surface area contributed by atoms with E-state index in [0.717, 1.165) is 18.2 Å². The highest BCUT2D eigenvalue weighted by atomic mass is 32.2. The van der Waals surface area contributed by atoms with Crippen molar-refractivity contribution in [3.8, 4) is 0 Å². The molecular weight excluding hydrogens is 412 g/mol. The molecule has 0 aliphatic rings. The summed E-state index contributed by atoms with van der Waals surface area (Å²) in [6.45, 7) is 0. The predicted molar refractivity (Wildman–Crippen MR) is 97.9 cm³/mol. The maximum atomic E-state index is 13.6. The van der Waals surface area contributed by atoms with Crippen LogP contribution in [0.5, 0.6) is 0 Å². The summed E-state index contributed by atoms with van der Waals surface area (Å²) in [5.41, 5.74) is -0.0942. The van der Waals surface area contributed by atoms with Gasteiger partial charge in [-0.3, -0.25) is 9.52 Å². The number of halogens is 4. The summed E-state index contributed by atoms with van der Waals surface area (Å²) in [5.74, 6) is -4.94. The largest absolute Gasteiger partial charge is 0.319 e. The van der Waals surface area contributed by atoms with Gasteiger partial charge in [-0.25, -0.2) is 26.0 Å². The van der Waals surface area contributed by atoms with E-state index < -0.39 is 44.1 Å². The molecule has 2 N–H and O–H groups in total. The molecule has 5 nitrogen and oxygen atoms in total. The molecule has 0 saturated carbocycles. The fourth-order valence-corrected chi connectivity index (χ4v) is 3.40. The Balaban J connectivity index is 1.74. The van der Waals surface area contributed by atoms with E-state index in [-0.39, 0.29) is 16.9 Å². The van der Waals surface area contributed by atoms with Gasteiger partial charge < -0.3 is 5.32 Å². The average molecular weight is 424 g/mol. The van der Waals surface area contributed by atoms with Crippen LogP contribution < -0.4 is 10.0 Å². The van der Waals surface area contributed by atoms with Crippen LogP contribution in [-0.4, -0.2) is 14.3 Å². The molecule has 0 aliphatic carbocycles. The molecule has 0 heterocycles. The second-order valence-corrected chi connectivity index (χ2v) is 7.52. The van der Waals surface area contributed by atoms with Crippen molar-refractivity contribution >= 4 is 27.3 Å². The smallest absolute Gasteiger partial charge is 0.261 e. The van der Waals surface area contributed by atoms with E-state index in [0.29, 0.717) is 18.2 Å². The Morgan fingerprint density at radius 2 is 1.45 bits per heavy atom. The number of hydrogen-bond donors (Lipinski definition) is 2. The molecule has 0 saturated heterocycles. The molecule has 150 valence electrons. The molecule has 0 aromatic heterocycles. The number of rotatable bonds is 5. The number of benzene rings is 3. The molecule has 3 aromatic rings. The molecule has 1 amide bonds. The fourth-order valence-electron chi connectivity index (χ4n) is 2.33. The van der Waals surface area contributed by atoms with Gasteiger partial charge in [-0.05, 0) is 54.6 Å².